The van der Waals surface area contributed by atoms with Gasteiger partial charge in [0.1, 0.15) is 11.5 Å². The molecular weight excluding hydrogens is 362 g/mol. The summed E-state index contributed by atoms with van der Waals surface area (Å²) in [7, 11) is 5.10. The highest BCUT2D eigenvalue weighted by Crippen LogP contribution is 2.50. The fourth-order valence-corrected chi connectivity index (χ4v) is 3.94. The Morgan fingerprint density at radius 3 is 2.79 bits per heavy atom. The van der Waals surface area contributed by atoms with Gasteiger partial charge in [-0.3, -0.25) is 9.69 Å². The Morgan fingerprint density at radius 1 is 1.25 bits per heavy atom. The number of carbonyl (C=O) groups excluding carboxylic acids is 1. The molecule has 1 atom stereocenters. The topological polar surface area (TPSA) is 77.5 Å². The Balaban J connectivity index is 1.70. The Morgan fingerprint density at radius 2 is 2.07 bits per heavy atom. The summed E-state index contributed by atoms with van der Waals surface area (Å²) in [5.41, 5.74) is 2.32. The third kappa shape index (κ3) is 3.01. The summed E-state index contributed by atoms with van der Waals surface area (Å²) in [6.45, 7) is 0.968. The van der Waals surface area contributed by atoms with E-state index >= 15 is 0 Å². The number of likely N-dealkylation sites (N-methyl/N-ethyl adjacent to an activating group) is 1. The molecule has 0 spiro atoms. The van der Waals surface area contributed by atoms with Crippen LogP contribution in [0.5, 0.6) is 28.7 Å². The molecule has 0 fully saturated rings. The van der Waals surface area contributed by atoms with Gasteiger partial charge in [-0.2, -0.15) is 0 Å². The van der Waals surface area contributed by atoms with E-state index in [1.807, 2.05) is 13.1 Å². The van der Waals surface area contributed by atoms with E-state index in [1.165, 1.54) is 13.2 Å². The van der Waals surface area contributed by atoms with Gasteiger partial charge in [-0.05, 0) is 37.2 Å². The lowest BCUT2D eigenvalue weighted by Gasteiger charge is -2.35. The number of methoxy groups -OCH3 is 2. The molecule has 7 nitrogen and oxygen atoms in total. The summed E-state index contributed by atoms with van der Waals surface area (Å²) in [5.74, 6) is 2.15. The van der Waals surface area contributed by atoms with Crippen molar-refractivity contribution < 1.29 is 28.8 Å². The maximum atomic E-state index is 13.0. The first-order valence-electron chi connectivity index (χ1n) is 9.13. The van der Waals surface area contributed by atoms with Crippen LogP contribution in [0, 0.1) is 0 Å². The Kier molecular flexibility index (Phi) is 4.77. The van der Waals surface area contributed by atoms with Crippen LogP contribution < -0.4 is 18.9 Å². The van der Waals surface area contributed by atoms with Crippen molar-refractivity contribution in [1.82, 2.24) is 4.90 Å². The number of ether oxygens (including phenoxy) is 4. The quantitative estimate of drug-likeness (QED) is 0.793. The number of benzene rings is 2. The second-order valence-corrected chi connectivity index (χ2v) is 6.97. The molecule has 0 unspecified atom stereocenters. The van der Waals surface area contributed by atoms with E-state index in [9.17, 15) is 9.90 Å². The van der Waals surface area contributed by atoms with Gasteiger partial charge >= 0.3 is 0 Å². The largest absolute Gasteiger partial charge is 0.507 e. The number of phenolic OH excluding ortho intramolecular Hbond substituents is 1. The number of fused-ring (bicyclic) bond motifs is 2. The molecule has 0 aromatic heterocycles. The highest BCUT2D eigenvalue weighted by molar-refractivity contribution is 5.99. The molecular formula is C21H23NO6. The zero-order chi connectivity index (χ0) is 19.8. The summed E-state index contributed by atoms with van der Waals surface area (Å²) in [5, 5.41) is 10.2. The van der Waals surface area contributed by atoms with Gasteiger partial charge in [0.25, 0.3) is 0 Å². The fourth-order valence-electron chi connectivity index (χ4n) is 3.94. The van der Waals surface area contributed by atoms with Gasteiger partial charge in [-0.15, -0.1) is 0 Å². The third-order valence-corrected chi connectivity index (χ3v) is 5.43. The Hall–Kier alpha value is -2.93. The van der Waals surface area contributed by atoms with E-state index in [2.05, 4.69) is 4.90 Å². The molecule has 2 aliphatic rings. The molecule has 4 rings (SSSR count). The van der Waals surface area contributed by atoms with Gasteiger partial charge < -0.3 is 24.1 Å². The van der Waals surface area contributed by atoms with Gasteiger partial charge in [-0.25, -0.2) is 0 Å². The number of ketones is 1. The van der Waals surface area contributed by atoms with Gasteiger partial charge in [0.2, 0.25) is 12.5 Å². The molecule has 2 aromatic rings. The standard InChI is InChI=1S/C21H23NO6/c1-22-7-6-12-8-18-20(28-11-27-18)21(26-3)19(12)15(22)10-17(24)14-5-4-13(25-2)9-16(14)23/h4-5,8-9,15,23H,6-7,10-11H2,1-3H3/t15-/m1/s1. The van der Waals surface area contributed by atoms with Gasteiger partial charge in [-0.1, -0.05) is 0 Å². The molecule has 0 aliphatic carbocycles. The van der Waals surface area contributed by atoms with Gasteiger partial charge in [0.05, 0.1) is 19.8 Å². The molecule has 0 bridgehead atoms. The Bertz CT molecular complexity index is 926. The molecule has 2 heterocycles. The van der Waals surface area contributed by atoms with E-state index < -0.39 is 0 Å². The monoisotopic (exact) mass is 385 g/mol. The number of hydrogen-bond acceptors (Lipinski definition) is 7. The lowest BCUT2D eigenvalue weighted by molar-refractivity contribution is 0.0923. The van der Waals surface area contributed by atoms with Crippen molar-refractivity contribution in [2.45, 2.75) is 18.9 Å². The SMILES string of the molecule is COc1ccc(C(=O)C[C@@H]2c3c(cc4c(c3OC)OCO4)CCN2C)c(O)c1. The van der Waals surface area contributed by atoms with Gasteiger partial charge in [0.15, 0.2) is 17.3 Å². The summed E-state index contributed by atoms with van der Waals surface area (Å²) < 4.78 is 21.9. The number of carbonyl (C=O) groups is 1. The van der Waals surface area contributed by atoms with E-state index in [0.29, 0.717) is 23.0 Å². The molecule has 2 aliphatic heterocycles. The van der Waals surface area contributed by atoms with Crippen LogP contribution >= 0.6 is 0 Å². The van der Waals surface area contributed by atoms with E-state index in [0.717, 1.165) is 24.1 Å². The van der Waals surface area contributed by atoms with Crippen molar-refractivity contribution in [2.24, 2.45) is 0 Å². The van der Waals surface area contributed by atoms with Crippen molar-refractivity contribution in [3.8, 4) is 28.7 Å². The minimum Gasteiger partial charge on any atom is -0.507 e. The molecule has 28 heavy (non-hydrogen) atoms. The molecule has 0 saturated heterocycles. The van der Waals surface area contributed by atoms with Crippen molar-refractivity contribution in [2.75, 3.05) is 34.6 Å². The molecule has 0 radical (unpaired) electrons. The van der Waals surface area contributed by atoms with Crippen LogP contribution in [0.2, 0.25) is 0 Å². The normalized spacial score (nSPS) is 17.9. The second-order valence-electron chi connectivity index (χ2n) is 6.97. The predicted molar refractivity (Wildman–Crippen MR) is 102 cm³/mol. The molecule has 1 N–H and O–H groups in total. The van der Waals surface area contributed by atoms with Crippen LogP contribution in [0.25, 0.3) is 0 Å². The average Bonchev–Trinajstić information content (AvgIpc) is 3.16. The zero-order valence-electron chi connectivity index (χ0n) is 16.2. The summed E-state index contributed by atoms with van der Waals surface area (Å²) in [6, 6.07) is 6.50. The van der Waals surface area contributed by atoms with Crippen LogP contribution in [0.1, 0.15) is 33.9 Å². The first-order chi connectivity index (χ1) is 13.5. The number of aromatic hydroxyl groups is 1. The first-order valence-corrected chi connectivity index (χ1v) is 9.13. The third-order valence-electron chi connectivity index (χ3n) is 5.43. The predicted octanol–water partition coefficient (Wildman–Crippen LogP) is 2.94. The lowest BCUT2D eigenvalue weighted by atomic mass is 9.87. The maximum absolute atomic E-state index is 13.0. The maximum Gasteiger partial charge on any atom is 0.231 e. The number of Topliss-reactive ketones (excluding diaryl/α,β-unsaturated/α-hetero) is 1. The zero-order valence-corrected chi connectivity index (χ0v) is 16.2. The van der Waals surface area contributed by atoms with Crippen molar-refractivity contribution in [1.29, 1.82) is 0 Å². The number of nitrogens with zero attached hydrogens (tertiary/aromatic N) is 1. The van der Waals surface area contributed by atoms with E-state index in [4.69, 9.17) is 18.9 Å². The minimum atomic E-state index is -0.192. The summed E-state index contributed by atoms with van der Waals surface area (Å²) in [4.78, 5) is 15.1. The van der Waals surface area contributed by atoms with E-state index in [1.54, 1.807) is 19.2 Å². The molecule has 0 saturated carbocycles. The first kappa shape index (κ1) is 18.4. The smallest absolute Gasteiger partial charge is 0.231 e. The second kappa shape index (κ2) is 7.24. The Labute approximate surface area is 163 Å². The van der Waals surface area contributed by atoms with Crippen molar-refractivity contribution in [3.63, 3.8) is 0 Å². The van der Waals surface area contributed by atoms with Crippen molar-refractivity contribution >= 4 is 5.78 Å². The highest BCUT2D eigenvalue weighted by Gasteiger charge is 2.35. The van der Waals surface area contributed by atoms with Crippen LogP contribution in [0.15, 0.2) is 24.3 Å². The average molecular weight is 385 g/mol. The molecule has 0 amide bonds. The summed E-state index contributed by atoms with van der Waals surface area (Å²) in [6.07, 6.45) is 1.04. The van der Waals surface area contributed by atoms with E-state index in [-0.39, 0.29) is 36.4 Å². The number of phenols is 1. The molecule has 148 valence electrons. The summed E-state index contributed by atoms with van der Waals surface area (Å²) >= 11 is 0. The van der Waals surface area contributed by atoms with Crippen LogP contribution in [0.3, 0.4) is 0 Å². The fraction of sp³-hybridized carbons (Fsp3) is 0.381. The lowest BCUT2D eigenvalue weighted by Crippen LogP contribution is -2.34. The van der Waals surface area contributed by atoms with Crippen molar-refractivity contribution in [3.05, 3.63) is 41.0 Å². The van der Waals surface area contributed by atoms with Gasteiger partial charge in [0, 0.05) is 30.6 Å². The minimum absolute atomic E-state index is 0.0827. The highest BCUT2D eigenvalue weighted by atomic mass is 16.7. The number of hydrogen-bond donors (Lipinski definition) is 1. The number of rotatable bonds is 5. The molecule has 7 heteroatoms. The van der Waals surface area contributed by atoms with Crippen LogP contribution in [0.4, 0.5) is 0 Å². The van der Waals surface area contributed by atoms with Crippen LogP contribution in [-0.4, -0.2) is 50.4 Å². The molecule has 2 aromatic carbocycles. The van der Waals surface area contributed by atoms with Crippen LogP contribution in [-0.2, 0) is 6.42 Å².